The highest BCUT2D eigenvalue weighted by Crippen LogP contribution is 2.23. The van der Waals surface area contributed by atoms with Gasteiger partial charge in [0.1, 0.15) is 0 Å². The van der Waals surface area contributed by atoms with Crippen LogP contribution in [0.5, 0.6) is 0 Å². The smallest absolute Gasteiger partial charge is 0.0708 e. The molecule has 0 spiro atoms. The molecule has 0 aliphatic carbocycles. The molecule has 0 aliphatic rings. The number of nitrogens with zero attached hydrogens (tertiary/aromatic N) is 1. The number of halogens is 2. The zero-order valence-corrected chi connectivity index (χ0v) is 13.7. The highest BCUT2D eigenvalue weighted by Gasteiger charge is 1.99. The van der Waals surface area contributed by atoms with Crippen LogP contribution in [0.3, 0.4) is 0 Å². The van der Waals surface area contributed by atoms with E-state index in [1.807, 2.05) is 30.5 Å². The van der Waals surface area contributed by atoms with Crippen molar-refractivity contribution < 1.29 is 0 Å². The van der Waals surface area contributed by atoms with Gasteiger partial charge in [-0.25, -0.2) is 0 Å². The number of hydrogen-bond donors (Lipinski definition) is 0. The molecule has 3 aromatic rings. The average molecular weight is 389 g/mol. The van der Waals surface area contributed by atoms with E-state index < -0.39 is 0 Å². The minimum absolute atomic E-state index is 0.985. The normalized spacial score (nSPS) is 11.3. The average Bonchev–Trinajstić information content (AvgIpc) is 2.44. The second-order valence-corrected chi connectivity index (χ2v) is 6.28. The van der Waals surface area contributed by atoms with Crippen LogP contribution in [0.15, 0.2) is 63.7 Å². The van der Waals surface area contributed by atoms with E-state index in [9.17, 15) is 0 Å². The molecule has 1 nitrogen and oxygen atoms in total. The van der Waals surface area contributed by atoms with Crippen LogP contribution in [0.25, 0.3) is 22.9 Å². The topological polar surface area (TPSA) is 12.9 Å². The molecule has 0 amide bonds. The highest BCUT2D eigenvalue weighted by atomic mass is 79.9. The van der Waals surface area contributed by atoms with Gasteiger partial charge in [0.15, 0.2) is 0 Å². The third kappa shape index (κ3) is 3.00. The summed E-state index contributed by atoms with van der Waals surface area (Å²) in [5.74, 6) is 0. The maximum absolute atomic E-state index is 4.46. The Bertz CT molecular complexity index is 768. The van der Waals surface area contributed by atoms with Crippen LogP contribution in [0.4, 0.5) is 0 Å². The first-order valence-corrected chi connectivity index (χ1v) is 7.79. The fourth-order valence-corrected chi connectivity index (χ4v) is 3.45. The van der Waals surface area contributed by atoms with Gasteiger partial charge in [-0.15, -0.1) is 0 Å². The van der Waals surface area contributed by atoms with Crippen molar-refractivity contribution in [2.75, 3.05) is 0 Å². The van der Waals surface area contributed by atoms with Crippen LogP contribution >= 0.6 is 31.9 Å². The summed E-state index contributed by atoms with van der Waals surface area (Å²) in [4.78, 5) is 4.46. The lowest BCUT2D eigenvalue weighted by Gasteiger charge is -2.01. The summed E-state index contributed by atoms with van der Waals surface area (Å²) in [6.07, 6.45) is 5.97. The van der Waals surface area contributed by atoms with E-state index in [1.165, 1.54) is 10.8 Å². The molecule has 3 rings (SSSR count). The molecule has 1 heterocycles. The summed E-state index contributed by atoms with van der Waals surface area (Å²) in [7, 11) is 0. The van der Waals surface area contributed by atoms with Gasteiger partial charge in [-0.3, -0.25) is 4.98 Å². The molecule has 20 heavy (non-hydrogen) atoms. The first kappa shape index (κ1) is 13.5. The van der Waals surface area contributed by atoms with Gasteiger partial charge in [-0.05, 0) is 41.3 Å². The molecule has 0 saturated carbocycles. The van der Waals surface area contributed by atoms with Crippen molar-refractivity contribution in [3.63, 3.8) is 0 Å². The predicted molar refractivity (Wildman–Crippen MR) is 92.5 cm³/mol. The van der Waals surface area contributed by atoms with E-state index in [4.69, 9.17) is 0 Å². The molecule has 98 valence electrons. The quantitative estimate of drug-likeness (QED) is 0.530. The molecule has 0 bridgehead atoms. The highest BCUT2D eigenvalue weighted by molar-refractivity contribution is 9.11. The Balaban J connectivity index is 2.02. The summed E-state index contributed by atoms with van der Waals surface area (Å²) >= 11 is 7.00. The third-order valence-corrected chi connectivity index (χ3v) is 3.94. The Kier molecular flexibility index (Phi) is 3.99. The van der Waals surface area contributed by atoms with Crippen molar-refractivity contribution in [2.24, 2.45) is 0 Å². The molecule has 3 heteroatoms. The molecule has 0 unspecified atom stereocenters. The van der Waals surface area contributed by atoms with Crippen molar-refractivity contribution in [2.45, 2.75) is 0 Å². The molecular formula is C17H11Br2N. The monoisotopic (exact) mass is 387 g/mol. The Hall–Kier alpha value is -1.45. The van der Waals surface area contributed by atoms with Crippen LogP contribution in [-0.2, 0) is 0 Å². The van der Waals surface area contributed by atoms with Crippen LogP contribution < -0.4 is 0 Å². The van der Waals surface area contributed by atoms with E-state index in [1.54, 1.807) is 0 Å². The molecule has 0 radical (unpaired) electrons. The molecule has 0 N–H and O–H groups in total. The zero-order chi connectivity index (χ0) is 13.9. The van der Waals surface area contributed by atoms with Gasteiger partial charge in [0, 0.05) is 20.5 Å². The SMILES string of the molecule is Brc1cc(Br)cc(C=Cc2nccc3ccccc23)c1. The number of fused-ring (bicyclic) bond motifs is 1. The number of rotatable bonds is 2. The number of pyridine rings is 1. The predicted octanol–water partition coefficient (Wildman–Crippen LogP) is 5.93. The van der Waals surface area contributed by atoms with Gasteiger partial charge in [0.2, 0.25) is 0 Å². The number of benzene rings is 2. The lowest BCUT2D eigenvalue weighted by Crippen LogP contribution is -1.83. The zero-order valence-electron chi connectivity index (χ0n) is 10.6. The summed E-state index contributed by atoms with van der Waals surface area (Å²) in [6, 6.07) is 16.5. The minimum atomic E-state index is 0.985. The third-order valence-electron chi connectivity index (χ3n) is 3.02. The molecule has 0 fully saturated rings. The maximum atomic E-state index is 4.46. The lowest BCUT2D eigenvalue weighted by atomic mass is 10.1. The van der Waals surface area contributed by atoms with Gasteiger partial charge in [-0.2, -0.15) is 0 Å². The second-order valence-electron chi connectivity index (χ2n) is 4.45. The van der Waals surface area contributed by atoms with Crippen molar-refractivity contribution in [1.29, 1.82) is 0 Å². The summed E-state index contributed by atoms with van der Waals surface area (Å²) in [5.41, 5.74) is 2.11. The molecule has 0 saturated heterocycles. The number of hydrogen-bond acceptors (Lipinski definition) is 1. The lowest BCUT2D eigenvalue weighted by molar-refractivity contribution is 1.33. The fraction of sp³-hybridized carbons (Fsp3) is 0. The van der Waals surface area contributed by atoms with E-state index in [-0.39, 0.29) is 0 Å². The van der Waals surface area contributed by atoms with E-state index in [0.717, 1.165) is 20.2 Å². The van der Waals surface area contributed by atoms with E-state index in [2.05, 4.69) is 73.3 Å². The van der Waals surface area contributed by atoms with Gasteiger partial charge in [-0.1, -0.05) is 62.2 Å². The van der Waals surface area contributed by atoms with Crippen LogP contribution in [0.2, 0.25) is 0 Å². The summed E-state index contributed by atoms with van der Waals surface area (Å²) in [5, 5.41) is 2.37. The Labute approximate surface area is 134 Å². The van der Waals surface area contributed by atoms with Crippen molar-refractivity contribution in [1.82, 2.24) is 4.98 Å². The summed E-state index contributed by atoms with van der Waals surface area (Å²) < 4.78 is 2.11. The fourth-order valence-electron chi connectivity index (χ4n) is 2.12. The Morgan fingerprint density at radius 2 is 1.60 bits per heavy atom. The van der Waals surface area contributed by atoms with Crippen molar-refractivity contribution in [3.05, 3.63) is 74.9 Å². The first-order valence-electron chi connectivity index (χ1n) is 6.20. The molecule has 0 atom stereocenters. The molecule has 0 aliphatic heterocycles. The molecular weight excluding hydrogens is 378 g/mol. The minimum Gasteiger partial charge on any atom is -0.256 e. The first-order chi connectivity index (χ1) is 9.72. The largest absolute Gasteiger partial charge is 0.256 e. The Morgan fingerprint density at radius 1 is 0.850 bits per heavy atom. The van der Waals surface area contributed by atoms with Crippen LogP contribution in [0.1, 0.15) is 11.3 Å². The second kappa shape index (κ2) is 5.90. The molecule has 1 aromatic heterocycles. The van der Waals surface area contributed by atoms with Crippen LogP contribution in [0, 0.1) is 0 Å². The number of aromatic nitrogens is 1. The molecule has 2 aromatic carbocycles. The maximum Gasteiger partial charge on any atom is 0.0708 e. The van der Waals surface area contributed by atoms with Crippen LogP contribution in [-0.4, -0.2) is 4.98 Å². The van der Waals surface area contributed by atoms with E-state index in [0.29, 0.717) is 0 Å². The van der Waals surface area contributed by atoms with E-state index >= 15 is 0 Å². The summed E-state index contributed by atoms with van der Waals surface area (Å²) in [6.45, 7) is 0. The standard InChI is InChI=1S/C17H11Br2N/c18-14-9-12(10-15(19)11-14)5-6-17-16-4-2-1-3-13(16)7-8-20-17/h1-11H. The van der Waals surface area contributed by atoms with Crippen molar-refractivity contribution in [3.8, 4) is 0 Å². The van der Waals surface area contributed by atoms with Crippen molar-refractivity contribution >= 4 is 54.8 Å². The van der Waals surface area contributed by atoms with Gasteiger partial charge < -0.3 is 0 Å². The van der Waals surface area contributed by atoms with Gasteiger partial charge >= 0.3 is 0 Å². The Morgan fingerprint density at radius 3 is 2.40 bits per heavy atom. The van der Waals surface area contributed by atoms with Gasteiger partial charge in [0.25, 0.3) is 0 Å². The van der Waals surface area contributed by atoms with Gasteiger partial charge in [0.05, 0.1) is 5.69 Å².